The highest BCUT2D eigenvalue weighted by Gasteiger charge is 2.22. The predicted molar refractivity (Wildman–Crippen MR) is 112 cm³/mol. The van der Waals surface area contributed by atoms with Crippen molar-refractivity contribution in [3.8, 4) is 0 Å². The number of aryl methyl sites for hydroxylation is 1. The Morgan fingerprint density at radius 2 is 1.73 bits per heavy atom. The van der Waals surface area contributed by atoms with Gasteiger partial charge in [-0.3, -0.25) is 4.79 Å². The van der Waals surface area contributed by atoms with E-state index in [1.54, 1.807) is 11.8 Å². The highest BCUT2D eigenvalue weighted by atomic mass is 35.5. The molecule has 0 radical (unpaired) electrons. The van der Waals surface area contributed by atoms with Crippen molar-refractivity contribution >= 4 is 35.0 Å². The molecule has 1 aliphatic rings. The first kappa shape index (κ1) is 19.1. The van der Waals surface area contributed by atoms with Crippen LogP contribution in [0.5, 0.6) is 0 Å². The molecule has 0 aliphatic carbocycles. The Morgan fingerprint density at radius 1 is 1.04 bits per heavy atom. The van der Waals surface area contributed by atoms with Crippen LogP contribution in [0, 0.1) is 13.8 Å². The zero-order valence-electron chi connectivity index (χ0n) is 15.4. The molecule has 3 nitrogen and oxygen atoms in total. The zero-order chi connectivity index (χ0) is 18.5. The third-order valence-electron chi connectivity index (χ3n) is 4.95. The monoisotopic (exact) mass is 388 g/mol. The molecule has 1 aliphatic heterocycles. The van der Waals surface area contributed by atoms with E-state index in [-0.39, 0.29) is 5.91 Å². The average molecular weight is 389 g/mol. The molecule has 0 spiro atoms. The minimum atomic E-state index is 0.257. The smallest absolute Gasteiger partial charge is 0.223 e. The maximum Gasteiger partial charge on any atom is 0.223 e. The fourth-order valence-electron chi connectivity index (χ4n) is 3.22. The lowest BCUT2D eigenvalue weighted by molar-refractivity contribution is -0.131. The summed E-state index contributed by atoms with van der Waals surface area (Å²) in [5.41, 5.74) is 3.96. The number of carbonyl (C=O) groups is 1. The number of amides is 1. The number of hydrogen-bond donors (Lipinski definition) is 0. The number of rotatable bonds is 5. The Labute approximate surface area is 165 Å². The highest BCUT2D eigenvalue weighted by molar-refractivity contribution is 7.99. The molecule has 0 atom stereocenters. The minimum Gasteiger partial charge on any atom is -0.368 e. The number of hydrogen-bond acceptors (Lipinski definition) is 3. The molecule has 0 saturated carbocycles. The Hall–Kier alpha value is -1.65. The third kappa shape index (κ3) is 4.74. The summed E-state index contributed by atoms with van der Waals surface area (Å²) >= 11 is 7.60. The van der Waals surface area contributed by atoms with E-state index in [2.05, 4.69) is 36.9 Å². The molecule has 2 aromatic carbocycles. The van der Waals surface area contributed by atoms with Crippen LogP contribution in [0.4, 0.5) is 5.69 Å². The van der Waals surface area contributed by atoms with Crippen LogP contribution < -0.4 is 4.90 Å². The van der Waals surface area contributed by atoms with Gasteiger partial charge in [0.2, 0.25) is 5.91 Å². The molecular weight excluding hydrogens is 364 g/mol. The maximum absolute atomic E-state index is 12.5. The van der Waals surface area contributed by atoms with Crippen molar-refractivity contribution in [1.29, 1.82) is 0 Å². The lowest BCUT2D eigenvalue weighted by atomic mass is 10.1. The standard InChI is InChI=1S/C21H25ClN2OS/c1-16-4-3-5-20(17(16)2)23-11-13-24(14-12-23)21(25)10-15-26-19-8-6-18(22)7-9-19/h3-9H,10-15H2,1-2H3. The van der Waals surface area contributed by atoms with Gasteiger partial charge in [-0.1, -0.05) is 23.7 Å². The molecule has 3 rings (SSSR count). The van der Waals surface area contributed by atoms with Crippen LogP contribution in [0.3, 0.4) is 0 Å². The molecular formula is C21H25ClN2OS. The maximum atomic E-state index is 12.5. The number of piperazine rings is 1. The van der Waals surface area contributed by atoms with Gasteiger partial charge in [-0.25, -0.2) is 0 Å². The van der Waals surface area contributed by atoms with Crippen LogP contribution in [-0.2, 0) is 4.79 Å². The molecule has 2 aromatic rings. The van der Waals surface area contributed by atoms with Gasteiger partial charge in [-0.15, -0.1) is 11.8 Å². The van der Waals surface area contributed by atoms with Gasteiger partial charge >= 0.3 is 0 Å². The predicted octanol–water partition coefficient (Wildman–Crippen LogP) is 4.79. The number of thioether (sulfide) groups is 1. The second-order valence-electron chi connectivity index (χ2n) is 6.64. The van der Waals surface area contributed by atoms with Gasteiger partial charge in [-0.2, -0.15) is 0 Å². The summed E-state index contributed by atoms with van der Waals surface area (Å²) in [6, 6.07) is 14.2. The van der Waals surface area contributed by atoms with Crippen molar-refractivity contribution in [2.75, 3.05) is 36.8 Å². The molecule has 0 N–H and O–H groups in total. The van der Waals surface area contributed by atoms with Crippen molar-refractivity contribution in [2.24, 2.45) is 0 Å². The largest absolute Gasteiger partial charge is 0.368 e. The van der Waals surface area contributed by atoms with Crippen LogP contribution in [-0.4, -0.2) is 42.7 Å². The fourth-order valence-corrected chi connectivity index (χ4v) is 4.19. The van der Waals surface area contributed by atoms with E-state index in [4.69, 9.17) is 11.6 Å². The molecule has 138 valence electrons. The van der Waals surface area contributed by atoms with Crippen LogP contribution in [0.15, 0.2) is 47.4 Å². The molecule has 1 heterocycles. The van der Waals surface area contributed by atoms with Crippen molar-refractivity contribution in [2.45, 2.75) is 25.2 Å². The van der Waals surface area contributed by atoms with E-state index in [9.17, 15) is 4.79 Å². The van der Waals surface area contributed by atoms with Gasteiger partial charge in [0, 0.05) is 54.0 Å². The Balaban J connectivity index is 1.46. The van der Waals surface area contributed by atoms with E-state index < -0.39 is 0 Å². The second-order valence-corrected chi connectivity index (χ2v) is 8.24. The first-order valence-corrected chi connectivity index (χ1v) is 10.4. The first-order valence-electron chi connectivity index (χ1n) is 9.02. The molecule has 1 saturated heterocycles. The number of nitrogens with zero attached hydrogens (tertiary/aromatic N) is 2. The van der Waals surface area contributed by atoms with E-state index in [0.717, 1.165) is 41.8 Å². The summed E-state index contributed by atoms with van der Waals surface area (Å²) in [7, 11) is 0. The summed E-state index contributed by atoms with van der Waals surface area (Å²) in [4.78, 5) is 18.0. The zero-order valence-corrected chi connectivity index (χ0v) is 16.9. The van der Waals surface area contributed by atoms with Crippen molar-refractivity contribution in [3.63, 3.8) is 0 Å². The number of halogens is 1. The summed E-state index contributed by atoms with van der Waals surface area (Å²) in [6.07, 6.45) is 0.580. The lowest BCUT2D eigenvalue weighted by Crippen LogP contribution is -2.49. The molecule has 0 aromatic heterocycles. The molecule has 26 heavy (non-hydrogen) atoms. The van der Waals surface area contributed by atoms with Gasteiger partial charge in [0.25, 0.3) is 0 Å². The van der Waals surface area contributed by atoms with E-state index >= 15 is 0 Å². The third-order valence-corrected chi connectivity index (χ3v) is 6.21. The van der Waals surface area contributed by atoms with Crippen LogP contribution >= 0.6 is 23.4 Å². The van der Waals surface area contributed by atoms with Gasteiger partial charge in [0.05, 0.1) is 0 Å². The lowest BCUT2D eigenvalue weighted by Gasteiger charge is -2.37. The van der Waals surface area contributed by atoms with Gasteiger partial charge < -0.3 is 9.80 Å². The van der Waals surface area contributed by atoms with Crippen molar-refractivity contribution in [3.05, 3.63) is 58.6 Å². The van der Waals surface area contributed by atoms with E-state index in [0.29, 0.717) is 6.42 Å². The molecule has 0 bridgehead atoms. The van der Waals surface area contributed by atoms with E-state index in [1.165, 1.54) is 16.8 Å². The van der Waals surface area contributed by atoms with Gasteiger partial charge in [0.1, 0.15) is 0 Å². The summed E-state index contributed by atoms with van der Waals surface area (Å²) in [6.45, 7) is 7.74. The van der Waals surface area contributed by atoms with Crippen molar-refractivity contribution in [1.82, 2.24) is 4.90 Å². The van der Waals surface area contributed by atoms with Crippen LogP contribution in [0.2, 0.25) is 5.02 Å². The quantitative estimate of drug-likeness (QED) is 0.688. The molecule has 5 heteroatoms. The summed E-state index contributed by atoms with van der Waals surface area (Å²) in [5.74, 6) is 1.06. The Kier molecular flexibility index (Phi) is 6.49. The highest BCUT2D eigenvalue weighted by Crippen LogP contribution is 2.24. The van der Waals surface area contributed by atoms with Crippen LogP contribution in [0.25, 0.3) is 0 Å². The van der Waals surface area contributed by atoms with Crippen molar-refractivity contribution < 1.29 is 4.79 Å². The molecule has 1 amide bonds. The normalized spacial score (nSPS) is 14.6. The topological polar surface area (TPSA) is 23.6 Å². The van der Waals surface area contributed by atoms with Gasteiger partial charge in [-0.05, 0) is 55.3 Å². The molecule has 0 unspecified atom stereocenters. The SMILES string of the molecule is Cc1cccc(N2CCN(C(=O)CCSc3ccc(Cl)cc3)CC2)c1C. The summed E-state index contributed by atoms with van der Waals surface area (Å²) in [5, 5.41) is 0.743. The van der Waals surface area contributed by atoms with Crippen LogP contribution in [0.1, 0.15) is 17.5 Å². The number of anilines is 1. The number of benzene rings is 2. The second kappa shape index (κ2) is 8.83. The average Bonchev–Trinajstić information content (AvgIpc) is 2.66. The first-order chi connectivity index (χ1) is 12.5. The Bertz CT molecular complexity index is 755. The summed E-state index contributed by atoms with van der Waals surface area (Å²) < 4.78 is 0. The minimum absolute atomic E-state index is 0.257. The Morgan fingerprint density at radius 3 is 2.42 bits per heavy atom. The number of carbonyl (C=O) groups excluding carboxylic acids is 1. The van der Waals surface area contributed by atoms with E-state index in [1.807, 2.05) is 29.2 Å². The fraction of sp³-hybridized carbons (Fsp3) is 0.381. The van der Waals surface area contributed by atoms with Gasteiger partial charge in [0.15, 0.2) is 0 Å². The molecule has 1 fully saturated rings.